The molecule has 0 aromatic rings. The number of hydrogen-bond donors (Lipinski definition) is 2. The summed E-state index contributed by atoms with van der Waals surface area (Å²) in [5.74, 6) is 0. The molecule has 0 atom stereocenters. The summed E-state index contributed by atoms with van der Waals surface area (Å²) in [5, 5.41) is 12.0. The molecular weight excluding hydrogens is 168 g/mol. The predicted molar refractivity (Wildman–Crippen MR) is 21.5 cm³/mol. The van der Waals surface area contributed by atoms with Gasteiger partial charge in [0.25, 0.3) is 0 Å². The van der Waals surface area contributed by atoms with Crippen molar-refractivity contribution < 1.29 is 28.0 Å². The topological polar surface area (TPSA) is 121 Å². The van der Waals surface area contributed by atoms with Crippen LogP contribution in [0, 0.1) is 0 Å². The summed E-state index contributed by atoms with van der Waals surface area (Å²) < 4.78 is 34.1. The summed E-state index contributed by atoms with van der Waals surface area (Å²) in [6.07, 6.45) is 0. The van der Waals surface area contributed by atoms with Crippen LogP contribution in [0.25, 0.3) is 0 Å². The second-order valence-corrected chi connectivity index (χ2v) is 1.22. The average molecular weight is 170 g/mol. The first-order valence-corrected chi connectivity index (χ1v) is 2.20. The van der Waals surface area contributed by atoms with Crippen LogP contribution in [0.4, 0.5) is 0 Å². The van der Waals surface area contributed by atoms with Crippen molar-refractivity contribution >= 4 is 48.1 Å². The van der Waals surface area contributed by atoms with Gasteiger partial charge in [-0.3, -0.25) is 18.9 Å². The van der Waals surface area contributed by atoms with E-state index in [2.05, 4.69) is 0 Å². The maximum atomic E-state index is 8.52. The molecule has 0 amide bonds. The van der Waals surface area contributed by atoms with Crippen molar-refractivity contribution in [3.63, 3.8) is 0 Å². The second-order valence-electron chi connectivity index (χ2n) is 0.408. The molecule has 46 valence electrons. The van der Waals surface area contributed by atoms with Crippen LogP contribution in [0.1, 0.15) is 0 Å². The third kappa shape index (κ3) is 234. The van der Waals surface area contributed by atoms with Crippen LogP contribution in [-0.4, -0.2) is 65.8 Å². The van der Waals surface area contributed by atoms with Crippen molar-refractivity contribution in [3.05, 3.63) is 0 Å². The van der Waals surface area contributed by atoms with Crippen LogP contribution < -0.4 is 0 Å². The molecule has 0 radical (unpaired) electrons. The summed E-state index contributed by atoms with van der Waals surface area (Å²) >= 11 is 0. The van der Waals surface area contributed by atoms with E-state index in [0.717, 1.165) is 0 Å². The Kier molecular flexibility index (Phi) is 16.1. The molecule has 0 aliphatic carbocycles. The van der Waals surface area contributed by atoms with Crippen LogP contribution in [0.15, 0.2) is 0 Å². The van der Waals surface area contributed by atoms with Crippen molar-refractivity contribution in [2.24, 2.45) is 0 Å². The monoisotopic (exact) mass is 170 g/mol. The van der Waals surface area contributed by atoms with E-state index in [1.54, 1.807) is 0 Å². The fourth-order valence-corrected chi connectivity index (χ4v) is 0. The standard InChI is InChI=1S/Ca.H2O4S.H2O2/c;1-5(2,3)4;1-2/h;(H2,1,2,3,4);1-2H/q+2;;/p-2. The van der Waals surface area contributed by atoms with Gasteiger partial charge in [0.15, 0.2) is 0 Å². The van der Waals surface area contributed by atoms with Gasteiger partial charge in [-0.15, -0.1) is 0 Å². The Balaban J connectivity index is -0.0000000750. The average Bonchev–Trinajstić information content (AvgIpc) is 1.36. The maximum absolute atomic E-state index is 8.52. The number of hydrogen-bond acceptors (Lipinski definition) is 6. The van der Waals surface area contributed by atoms with Crippen LogP contribution in [0.2, 0.25) is 0 Å². The third-order valence-electron chi connectivity index (χ3n) is 0. The van der Waals surface area contributed by atoms with E-state index in [9.17, 15) is 0 Å². The Hall–Kier alpha value is 1.05. The molecule has 0 bridgehead atoms. The van der Waals surface area contributed by atoms with E-state index in [0.29, 0.717) is 0 Å². The van der Waals surface area contributed by atoms with E-state index >= 15 is 0 Å². The molecular formula is H2CaO6S. The molecule has 8 heavy (non-hydrogen) atoms. The zero-order valence-corrected chi connectivity index (χ0v) is 6.67. The van der Waals surface area contributed by atoms with Crippen molar-refractivity contribution in [3.8, 4) is 0 Å². The van der Waals surface area contributed by atoms with Crippen molar-refractivity contribution in [1.29, 1.82) is 0 Å². The first kappa shape index (κ1) is 16.0. The Labute approximate surface area is 75.6 Å². The van der Waals surface area contributed by atoms with Gasteiger partial charge in [0.1, 0.15) is 0 Å². The van der Waals surface area contributed by atoms with E-state index < -0.39 is 10.4 Å². The summed E-state index contributed by atoms with van der Waals surface area (Å²) in [6, 6.07) is 0. The smallest absolute Gasteiger partial charge is 0.759 e. The van der Waals surface area contributed by atoms with Gasteiger partial charge < -0.3 is 9.11 Å². The van der Waals surface area contributed by atoms with E-state index in [4.69, 9.17) is 28.0 Å². The fourth-order valence-electron chi connectivity index (χ4n) is 0. The van der Waals surface area contributed by atoms with E-state index in [1.165, 1.54) is 0 Å². The molecule has 0 aromatic heterocycles. The SMILES string of the molecule is O=S(=O)([O-])[O-].OO.[Ca+2]. The van der Waals surface area contributed by atoms with Crippen LogP contribution in [-0.2, 0) is 10.4 Å². The molecule has 0 fully saturated rings. The molecule has 0 heterocycles. The van der Waals surface area contributed by atoms with E-state index in [-0.39, 0.29) is 37.7 Å². The van der Waals surface area contributed by atoms with Gasteiger partial charge in [0.2, 0.25) is 0 Å². The van der Waals surface area contributed by atoms with Gasteiger partial charge >= 0.3 is 37.7 Å². The summed E-state index contributed by atoms with van der Waals surface area (Å²) in [4.78, 5) is 0. The van der Waals surface area contributed by atoms with Crippen LogP contribution in [0.5, 0.6) is 0 Å². The number of rotatable bonds is 0. The van der Waals surface area contributed by atoms with Gasteiger partial charge in [-0.25, -0.2) is 0 Å². The molecule has 6 nitrogen and oxygen atoms in total. The van der Waals surface area contributed by atoms with E-state index in [1.807, 2.05) is 0 Å². The van der Waals surface area contributed by atoms with Crippen LogP contribution >= 0.6 is 0 Å². The first-order chi connectivity index (χ1) is 3.00. The summed E-state index contributed by atoms with van der Waals surface area (Å²) in [7, 11) is -5.17. The molecule has 0 aliphatic heterocycles. The van der Waals surface area contributed by atoms with Gasteiger partial charge in [-0.05, 0) is 0 Å². The minimum absolute atomic E-state index is 0. The summed E-state index contributed by atoms with van der Waals surface area (Å²) in [5.41, 5.74) is 0. The minimum Gasteiger partial charge on any atom is -0.759 e. The maximum Gasteiger partial charge on any atom is 2.00 e. The van der Waals surface area contributed by atoms with Gasteiger partial charge in [0.05, 0.1) is 0 Å². The molecule has 0 saturated carbocycles. The Bertz CT molecular complexity index is 91.7. The molecule has 8 heteroatoms. The summed E-state index contributed by atoms with van der Waals surface area (Å²) in [6.45, 7) is 0. The predicted octanol–water partition coefficient (Wildman–Crippen LogP) is -1.70. The van der Waals surface area contributed by atoms with Gasteiger partial charge in [-0.1, -0.05) is 0 Å². The first-order valence-electron chi connectivity index (χ1n) is 0.867. The largest absolute Gasteiger partial charge is 2.00 e. The minimum atomic E-state index is -5.17. The molecule has 0 unspecified atom stereocenters. The second kappa shape index (κ2) is 8.05. The Morgan fingerprint density at radius 3 is 1.12 bits per heavy atom. The van der Waals surface area contributed by atoms with Crippen molar-refractivity contribution in [2.75, 3.05) is 0 Å². The normalized spacial score (nSPS) is 8.00. The van der Waals surface area contributed by atoms with Crippen LogP contribution in [0.3, 0.4) is 0 Å². The zero-order valence-electron chi connectivity index (χ0n) is 3.64. The van der Waals surface area contributed by atoms with Gasteiger partial charge in [-0.2, -0.15) is 0 Å². The molecule has 0 saturated heterocycles. The zero-order chi connectivity index (χ0) is 6.50. The molecule has 0 aromatic carbocycles. The molecule has 0 spiro atoms. The van der Waals surface area contributed by atoms with Crippen molar-refractivity contribution in [2.45, 2.75) is 0 Å². The molecule has 2 N–H and O–H groups in total. The molecule has 0 rings (SSSR count). The van der Waals surface area contributed by atoms with Crippen molar-refractivity contribution in [1.82, 2.24) is 0 Å². The van der Waals surface area contributed by atoms with Gasteiger partial charge in [0, 0.05) is 10.4 Å². The quantitative estimate of drug-likeness (QED) is 0.147. The molecule has 0 aliphatic rings. The Morgan fingerprint density at radius 1 is 1.12 bits per heavy atom. The third-order valence-corrected chi connectivity index (χ3v) is 0. The Morgan fingerprint density at radius 2 is 1.12 bits per heavy atom. The fraction of sp³-hybridized carbons (Fsp3) is 0.